The van der Waals surface area contributed by atoms with E-state index in [1.807, 2.05) is 35.2 Å². The van der Waals surface area contributed by atoms with Crippen LogP contribution in [-0.2, 0) is 4.79 Å². The molecule has 2 amide bonds. The molecule has 1 fully saturated rings. The van der Waals surface area contributed by atoms with Gasteiger partial charge in [0, 0.05) is 28.6 Å². The SMILES string of the molecule is C/C(=N/NC(=O)c1ccc(OCC(=O)N2[C@@H](C)CCC[C@@H]2C)cc1)c1ccc2ccccc2c1O. The zero-order valence-corrected chi connectivity index (χ0v) is 20.3. The van der Waals surface area contributed by atoms with E-state index in [1.54, 1.807) is 37.3 Å². The van der Waals surface area contributed by atoms with Crippen LogP contribution in [0.2, 0.25) is 0 Å². The third kappa shape index (κ3) is 5.45. The number of nitrogens with zero attached hydrogens (tertiary/aromatic N) is 2. The quantitative estimate of drug-likeness (QED) is 0.395. The number of hydrogen-bond acceptors (Lipinski definition) is 5. The Bertz CT molecular complexity index is 1240. The zero-order valence-electron chi connectivity index (χ0n) is 20.3. The number of fused-ring (bicyclic) bond motifs is 1. The van der Waals surface area contributed by atoms with Crippen LogP contribution in [0.1, 0.15) is 56.0 Å². The van der Waals surface area contributed by atoms with Gasteiger partial charge in [0.05, 0.1) is 5.71 Å². The maximum atomic E-state index is 12.6. The van der Waals surface area contributed by atoms with E-state index in [4.69, 9.17) is 4.74 Å². The summed E-state index contributed by atoms with van der Waals surface area (Å²) in [5.74, 6) is 0.243. The lowest BCUT2D eigenvalue weighted by molar-refractivity contribution is -0.139. The molecule has 0 radical (unpaired) electrons. The number of likely N-dealkylation sites (tertiary alicyclic amines) is 1. The molecule has 182 valence electrons. The Morgan fingerprint density at radius 3 is 2.43 bits per heavy atom. The highest BCUT2D eigenvalue weighted by atomic mass is 16.5. The van der Waals surface area contributed by atoms with E-state index in [2.05, 4.69) is 24.4 Å². The molecule has 0 aromatic heterocycles. The van der Waals surface area contributed by atoms with Crippen molar-refractivity contribution in [1.82, 2.24) is 10.3 Å². The summed E-state index contributed by atoms with van der Waals surface area (Å²) < 4.78 is 5.68. The number of rotatable bonds is 6. The third-order valence-electron chi connectivity index (χ3n) is 6.58. The van der Waals surface area contributed by atoms with E-state index in [1.165, 1.54) is 0 Å². The zero-order chi connectivity index (χ0) is 24.9. The van der Waals surface area contributed by atoms with Gasteiger partial charge in [0.1, 0.15) is 11.5 Å². The smallest absolute Gasteiger partial charge is 0.271 e. The van der Waals surface area contributed by atoms with Crippen molar-refractivity contribution in [3.05, 3.63) is 71.8 Å². The van der Waals surface area contributed by atoms with Gasteiger partial charge in [-0.2, -0.15) is 5.10 Å². The number of ether oxygens (including phenoxy) is 1. The Morgan fingerprint density at radius 2 is 1.71 bits per heavy atom. The van der Waals surface area contributed by atoms with Crippen molar-refractivity contribution in [2.45, 2.75) is 52.1 Å². The van der Waals surface area contributed by atoms with Crippen molar-refractivity contribution in [3.8, 4) is 11.5 Å². The molecule has 0 aliphatic carbocycles. The van der Waals surface area contributed by atoms with Gasteiger partial charge in [-0.3, -0.25) is 9.59 Å². The second-order valence-corrected chi connectivity index (χ2v) is 9.06. The van der Waals surface area contributed by atoms with E-state index in [9.17, 15) is 14.7 Å². The minimum absolute atomic E-state index is 0.0201. The fourth-order valence-corrected chi connectivity index (χ4v) is 4.64. The molecule has 2 N–H and O–H groups in total. The fraction of sp³-hybridized carbons (Fsp3) is 0.321. The minimum atomic E-state index is -0.386. The van der Waals surface area contributed by atoms with Gasteiger partial charge < -0.3 is 14.7 Å². The molecule has 1 saturated heterocycles. The second-order valence-electron chi connectivity index (χ2n) is 9.06. The Labute approximate surface area is 205 Å². The van der Waals surface area contributed by atoms with Crippen LogP contribution in [-0.4, -0.2) is 46.2 Å². The molecule has 0 saturated carbocycles. The van der Waals surface area contributed by atoms with Crippen LogP contribution in [0.25, 0.3) is 10.8 Å². The third-order valence-corrected chi connectivity index (χ3v) is 6.58. The van der Waals surface area contributed by atoms with E-state index >= 15 is 0 Å². The summed E-state index contributed by atoms with van der Waals surface area (Å²) in [5, 5.41) is 16.4. The normalized spacial score (nSPS) is 18.4. The summed E-state index contributed by atoms with van der Waals surface area (Å²) in [6, 6.07) is 18.2. The largest absolute Gasteiger partial charge is 0.507 e. The molecule has 4 rings (SSSR count). The lowest BCUT2D eigenvalue weighted by atomic mass is 9.97. The van der Waals surface area contributed by atoms with Crippen molar-refractivity contribution in [2.75, 3.05) is 6.61 Å². The number of phenols is 1. The highest BCUT2D eigenvalue weighted by Crippen LogP contribution is 2.29. The second kappa shape index (κ2) is 10.6. The number of phenolic OH excluding ortho intramolecular Hbond substituents is 1. The molecule has 35 heavy (non-hydrogen) atoms. The molecular formula is C28H31N3O4. The Balaban J connectivity index is 1.35. The summed E-state index contributed by atoms with van der Waals surface area (Å²) >= 11 is 0. The summed E-state index contributed by atoms with van der Waals surface area (Å²) in [5.41, 5.74) is 3.97. The molecule has 3 aromatic carbocycles. The van der Waals surface area contributed by atoms with Crippen molar-refractivity contribution in [1.29, 1.82) is 0 Å². The van der Waals surface area contributed by atoms with E-state index in [0.29, 0.717) is 22.6 Å². The molecule has 0 bridgehead atoms. The van der Waals surface area contributed by atoms with Crippen LogP contribution < -0.4 is 10.2 Å². The Kier molecular flexibility index (Phi) is 7.34. The van der Waals surface area contributed by atoms with Crippen molar-refractivity contribution < 1.29 is 19.4 Å². The number of hydrogen-bond donors (Lipinski definition) is 2. The maximum Gasteiger partial charge on any atom is 0.271 e. The first kappa shape index (κ1) is 24.3. The molecule has 1 aliphatic heterocycles. The lowest BCUT2D eigenvalue weighted by Gasteiger charge is -2.38. The molecule has 2 atom stereocenters. The standard InChI is InChI=1S/C28H31N3O4/c1-18-7-6-8-19(2)31(18)26(32)17-35-23-14-11-22(12-15-23)28(34)30-29-20(3)24-16-13-21-9-4-5-10-25(21)27(24)33/h4-5,9-16,18-19,33H,6-8,17H2,1-3H3,(H,30,34)/b29-20-/t18-,19-/m0/s1. The molecule has 7 nitrogen and oxygen atoms in total. The van der Waals surface area contributed by atoms with Crippen LogP contribution in [0.3, 0.4) is 0 Å². The number of carbonyl (C=O) groups is 2. The molecule has 3 aromatic rings. The van der Waals surface area contributed by atoms with Crippen LogP contribution in [0.5, 0.6) is 11.5 Å². The molecule has 1 heterocycles. The Hall–Kier alpha value is -3.87. The molecular weight excluding hydrogens is 442 g/mol. The highest BCUT2D eigenvalue weighted by molar-refractivity contribution is 6.07. The summed E-state index contributed by atoms with van der Waals surface area (Å²) in [7, 11) is 0. The fourth-order valence-electron chi connectivity index (χ4n) is 4.64. The monoisotopic (exact) mass is 473 g/mol. The molecule has 0 unspecified atom stereocenters. The minimum Gasteiger partial charge on any atom is -0.507 e. The van der Waals surface area contributed by atoms with Gasteiger partial charge in [-0.15, -0.1) is 0 Å². The first-order valence-corrected chi connectivity index (χ1v) is 11.9. The van der Waals surface area contributed by atoms with Crippen LogP contribution >= 0.6 is 0 Å². The molecule has 1 aliphatic rings. The van der Waals surface area contributed by atoms with Gasteiger partial charge in [0.25, 0.3) is 11.8 Å². The number of nitrogens with one attached hydrogen (secondary N) is 1. The average molecular weight is 474 g/mol. The van der Waals surface area contributed by atoms with E-state index in [-0.39, 0.29) is 36.3 Å². The highest BCUT2D eigenvalue weighted by Gasteiger charge is 2.29. The molecule has 7 heteroatoms. The van der Waals surface area contributed by atoms with E-state index < -0.39 is 0 Å². The first-order valence-electron chi connectivity index (χ1n) is 11.9. The number of piperidine rings is 1. The first-order chi connectivity index (χ1) is 16.8. The van der Waals surface area contributed by atoms with Gasteiger partial charge in [0.15, 0.2) is 6.61 Å². The van der Waals surface area contributed by atoms with Gasteiger partial charge >= 0.3 is 0 Å². The predicted octanol–water partition coefficient (Wildman–Crippen LogP) is 4.87. The van der Waals surface area contributed by atoms with Gasteiger partial charge in [-0.05, 0) is 75.8 Å². The number of amides is 2. The number of aromatic hydroxyl groups is 1. The predicted molar refractivity (Wildman–Crippen MR) is 137 cm³/mol. The van der Waals surface area contributed by atoms with Gasteiger partial charge in [-0.25, -0.2) is 5.43 Å². The lowest BCUT2D eigenvalue weighted by Crippen LogP contribution is -2.49. The van der Waals surface area contributed by atoms with Crippen LogP contribution in [0, 0.1) is 0 Å². The van der Waals surface area contributed by atoms with Gasteiger partial charge in [0.2, 0.25) is 0 Å². The number of hydrazone groups is 1. The number of benzene rings is 3. The summed E-state index contributed by atoms with van der Waals surface area (Å²) in [6.07, 6.45) is 3.17. The van der Waals surface area contributed by atoms with Gasteiger partial charge in [-0.1, -0.05) is 30.3 Å². The topological polar surface area (TPSA) is 91.2 Å². The van der Waals surface area contributed by atoms with Crippen molar-refractivity contribution in [3.63, 3.8) is 0 Å². The Morgan fingerprint density at radius 1 is 1.03 bits per heavy atom. The average Bonchev–Trinajstić information content (AvgIpc) is 2.86. The molecule has 0 spiro atoms. The van der Waals surface area contributed by atoms with Crippen LogP contribution in [0.15, 0.2) is 65.8 Å². The van der Waals surface area contributed by atoms with E-state index in [0.717, 1.165) is 30.0 Å². The summed E-state index contributed by atoms with van der Waals surface area (Å²) in [4.78, 5) is 27.1. The van der Waals surface area contributed by atoms with Crippen molar-refractivity contribution >= 4 is 28.3 Å². The number of carbonyl (C=O) groups excluding carboxylic acids is 2. The van der Waals surface area contributed by atoms with Crippen LogP contribution in [0.4, 0.5) is 0 Å². The summed E-state index contributed by atoms with van der Waals surface area (Å²) in [6.45, 7) is 5.85. The maximum absolute atomic E-state index is 12.6. The van der Waals surface area contributed by atoms with Crippen molar-refractivity contribution in [2.24, 2.45) is 5.10 Å².